The Morgan fingerprint density at radius 2 is 1.06 bits per heavy atom. The van der Waals surface area contributed by atoms with E-state index in [1.807, 2.05) is 0 Å². The Bertz CT molecular complexity index is 876. The van der Waals surface area contributed by atoms with Crippen LogP contribution in [0.2, 0.25) is 0 Å². The van der Waals surface area contributed by atoms with Crippen LogP contribution in [0, 0.1) is 0 Å². The molecule has 6 atom stereocenters. The fourth-order valence-electron chi connectivity index (χ4n) is 5.82. The highest BCUT2D eigenvalue weighted by molar-refractivity contribution is 5.70. The Hall–Kier alpha value is -1.82. The first-order valence-electron chi connectivity index (χ1n) is 19.9. The molecular formula is C40H72O10. The monoisotopic (exact) mass is 713 g/mol. The molecule has 10 nitrogen and oxygen atoms in total. The molecule has 4 N–H and O–H groups in total. The van der Waals surface area contributed by atoms with Crippen LogP contribution in [0.4, 0.5) is 0 Å². The molecule has 1 heterocycles. The largest absolute Gasteiger partial charge is 0.462 e. The number of esters is 2. The number of aliphatic hydroxyl groups is 4. The minimum absolute atomic E-state index is 0.209. The van der Waals surface area contributed by atoms with E-state index in [9.17, 15) is 30.0 Å². The standard InChI is InChI=1S/C40H72O10/c1-3-5-7-9-11-13-15-17-19-21-23-25-27-29-36(43)49-33(32-48-40-39(46)38(45)37(44)34(30-41)50-40)31-47-35(42)28-26-24-22-20-18-16-14-12-10-8-6-4-2/h12,14,17,19,33-34,37-41,44-46H,3-11,13,15-16,18,20-32H2,1-2H3/b14-12+,19-17+/t33-,34-,37+,38?,39?,40-/m1/s1. The maximum atomic E-state index is 12.7. The van der Waals surface area contributed by atoms with E-state index in [2.05, 4.69) is 38.2 Å². The number of hydrogen-bond donors (Lipinski definition) is 4. The maximum absolute atomic E-state index is 12.7. The molecule has 0 aromatic carbocycles. The lowest BCUT2D eigenvalue weighted by atomic mass is 9.99. The molecule has 0 spiro atoms. The first kappa shape index (κ1) is 46.2. The van der Waals surface area contributed by atoms with Crippen LogP contribution < -0.4 is 0 Å². The number of ether oxygens (including phenoxy) is 4. The van der Waals surface area contributed by atoms with E-state index in [4.69, 9.17) is 18.9 Å². The van der Waals surface area contributed by atoms with Crippen molar-refractivity contribution in [2.75, 3.05) is 19.8 Å². The van der Waals surface area contributed by atoms with Crippen molar-refractivity contribution < 1.29 is 49.0 Å². The second kappa shape index (κ2) is 31.9. The highest BCUT2D eigenvalue weighted by Gasteiger charge is 2.44. The van der Waals surface area contributed by atoms with Crippen molar-refractivity contribution in [1.82, 2.24) is 0 Å². The number of carbonyl (C=O) groups excluding carboxylic acids is 2. The van der Waals surface area contributed by atoms with Gasteiger partial charge in [0.1, 0.15) is 31.0 Å². The Morgan fingerprint density at radius 1 is 0.600 bits per heavy atom. The van der Waals surface area contributed by atoms with Crippen molar-refractivity contribution in [2.45, 2.75) is 198 Å². The van der Waals surface area contributed by atoms with Gasteiger partial charge in [0.15, 0.2) is 12.4 Å². The predicted molar refractivity (Wildman–Crippen MR) is 196 cm³/mol. The molecule has 1 aliphatic rings. The normalized spacial score (nSPS) is 21.6. The van der Waals surface area contributed by atoms with Crippen molar-refractivity contribution in [3.8, 4) is 0 Å². The van der Waals surface area contributed by atoms with Crippen molar-refractivity contribution in [2.24, 2.45) is 0 Å². The average molecular weight is 713 g/mol. The molecule has 50 heavy (non-hydrogen) atoms. The Labute approximate surface area is 303 Å². The summed E-state index contributed by atoms with van der Waals surface area (Å²) in [7, 11) is 0. The van der Waals surface area contributed by atoms with Gasteiger partial charge in [-0.3, -0.25) is 9.59 Å². The van der Waals surface area contributed by atoms with Crippen LogP contribution in [-0.2, 0) is 28.5 Å². The predicted octanol–water partition coefficient (Wildman–Crippen LogP) is 7.38. The second-order valence-electron chi connectivity index (χ2n) is 13.7. The summed E-state index contributed by atoms with van der Waals surface area (Å²) in [5.74, 6) is -0.837. The van der Waals surface area contributed by atoms with Gasteiger partial charge in [-0.15, -0.1) is 0 Å². The SMILES string of the molecule is CCCCC/C=C/CCCCCCCC(=O)OC[C@H](CO[C@@H]1O[C@H](CO)[C@H](O)C(O)C1O)OC(=O)CCCCC/C=C/CCCCCCCC. The molecule has 2 unspecified atom stereocenters. The number of hydrogen-bond acceptors (Lipinski definition) is 10. The van der Waals surface area contributed by atoms with Crippen LogP contribution in [0.15, 0.2) is 24.3 Å². The fraction of sp³-hybridized carbons (Fsp3) is 0.850. The molecule has 1 saturated heterocycles. The molecule has 10 heteroatoms. The van der Waals surface area contributed by atoms with Crippen molar-refractivity contribution in [3.05, 3.63) is 24.3 Å². The smallest absolute Gasteiger partial charge is 0.306 e. The van der Waals surface area contributed by atoms with Crippen LogP contribution in [0.25, 0.3) is 0 Å². The van der Waals surface area contributed by atoms with Crippen LogP contribution in [0.3, 0.4) is 0 Å². The Morgan fingerprint density at radius 3 is 1.62 bits per heavy atom. The van der Waals surface area contributed by atoms with E-state index < -0.39 is 55.4 Å². The highest BCUT2D eigenvalue weighted by atomic mass is 16.7. The molecule has 292 valence electrons. The minimum atomic E-state index is -1.60. The van der Waals surface area contributed by atoms with Crippen LogP contribution in [0.5, 0.6) is 0 Å². The molecule has 1 aliphatic heterocycles. The van der Waals surface area contributed by atoms with Gasteiger partial charge < -0.3 is 39.4 Å². The molecule has 0 aliphatic carbocycles. The molecule has 0 saturated carbocycles. The first-order chi connectivity index (χ1) is 24.3. The average Bonchev–Trinajstić information content (AvgIpc) is 3.11. The highest BCUT2D eigenvalue weighted by Crippen LogP contribution is 2.22. The molecule has 1 rings (SSSR count). The molecule has 0 amide bonds. The van der Waals surface area contributed by atoms with Gasteiger partial charge in [-0.1, -0.05) is 109 Å². The van der Waals surface area contributed by atoms with Crippen molar-refractivity contribution >= 4 is 11.9 Å². The van der Waals surface area contributed by atoms with E-state index in [1.54, 1.807) is 0 Å². The summed E-state index contributed by atoms with van der Waals surface area (Å²) in [6.07, 6.45) is 24.7. The topological polar surface area (TPSA) is 152 Å². The zero-order valence-corrected chi connectivity index (χ0v) is 31.4. The molecule has 1 fully saturated rings. The summed E-state index contributed by atoms with van der Waals surface area (Å²) in [5, 5.41) is 39.9. The van der Waals surface area contributed by atoms with E-state index >= 15 is 0 Å². The number of rotatable bonds is 32. The van der Waals surface area contributed by atoms with Crippen molar-refractivity contribution in [3.63, 3.8) is 0 Å². The van der Waals surface area contributed by atoms with E-state index in [0.29, 0.717) is 12.8 Å². The number of unbranched alkanes of at least 4 members (excludes halogenated alkanes) is 17. The van der Waals surface area contributed by atoms with E-state index in [0.717, 1.165) is 64.2 Å². The summed E-state index contributed by atoms with van der Waals surface area (Å²) >= 11 is 0. The van der Waals surface area contributed by atoms with Gasteiger partial charge in [0.25, 0.3) is 0 Å². The summed E-state index contributed by atoms with van der Waals surface area (Å²) < 4.78 is 22.0. The molecule has 0 aromatic rings. The summed E-state index contributed by atoms with van der Waals surface area (Å²) in [6, 6.07) is 0. The number of allylic oxidation sites excluding steroid dienone is 4. The lowest BCUT2D eigenvalue weighted by Crippen LogP contribution is -2.59. The van der Waals surface area contributed by atoms with Gasteiger partial charge in [0, 0.05) is 12.8 Å². The molecule has 0 bridgehead atoms. The van der Waals surface area contributed by atoms with E-state index in [-0.39, 0.29) is 26.1 Å². The number of carbonyl (C=O) groups is 2. The lowest BCUT2D eigenvalue weighted by Gasteiger charge is -2.39. The first-order valence-corrected chi connectivity index (χ1v) is 19.9. The maximum Gasteiger partial charge on any atom is 0.306 e. The van der Waals surface area contributed by atoms with Gasteiger partial charge >= 0.3 is 11.9 Å². The van der Waals surface area contributed by atoms with Crippen LogP contribution in [0.1, 0.15) is 162 Å². The van der Waals surface area contributed by atoms with Crippen molar-refractivity contribution in [1.29, 1.82) is 0 Å². The number of aliphatic hydroxyl groups excluding tert-OH is 4. The van der Waals surface area contributed by atoms with Gasteiger partial charge in [0.05, 0.1) is 13.2 Å². The fourth-order valence-corrected chi connectivity index (χ4v) is 5.82. The third kappa shape index (κ3) is 23.6. The summed E-state index contributed by atoms with van der Waals surface area (Å²) in [5.41, 5.74) is 0. The zero-order chi connectivity index (χ0) is 36.7. The zero-order valence-electron chi connectivity index (χ0n) is 31.4. The lowest BCUT2D eigenvalue weighted by molar-refractivity contribution is -0.305. The summed E-state index contributed by atoms with van der Waals surface area (Å²) in [4.78, 5) is 25.2. The second-order valence-corrected chi connectivity index (χ2v) is 13.7. The van der Waals surface area contributed by atoms with Gasteiger partial charge in [-0.2, -0.15) is 0 Å². The molecule has 0 radical (unpaired) electrons. The molecular weight excluding hydrogens is 640 g/mol. The Balaban J connectivity index is 2.41. The van der Waals surface area contributed by atoms with Gasteiger partial charge in [-0.25, -0.2) is 0 Å². The third-order valence-corrected chi connectivity index (χ3v) is 9.06. The Kier molecular flexibility index (Phi) is 29.5. The minimum Gasteiger partial charge on any atom is -0.462 e. The van der Waals surface area contributed by atoms with E-state index in [1.165, 1.54) is 57.8 Å². The molecule has 0 aromatic heterocycles. The van der Waals surface area contributed by atoms with Crippen LogP contribution >= 0.6 is 0 Å². The van der Waals surface area contributed by atoms with Crippen LogP contribution in [-0.4, -0.2) is 89.0 Å². The van der Waals surface area contributed by atoms with Gasteiger partial charge in [0.2, 0.25) is 0 Å². The van der Waals surface area contributed by atoms with Gasteiger partial charge in [-0.05, 0) is 64.2 Å². The quantitative estimate of drug-likeness (QED) is 0.0316. The summed E-state index contributed by atoms with van der Waals surface area (Å²) in [6.45, 7) is 3.35. The third-order valence-electron chi connectivity index (χ3n) is 9.06.